The SMILES string of the molecule is O=S(=O)(NC1(CF)CC1)c1cc(N2CCNCC2)c2c(Cl)nc(-c3nnc(C(F)F)s3)n2c1. The molecule has 0 aromatic carbocycles. The highest BCUT2D eigenvalue weighted by Gasteiger charge is 2.46. The fourth-order valence-corrected chi connectivity index (χ4v) is 6.15. The molecule has 0 amide bonds. The highest BCUT2D eigenvalue weighted by atomic mass is 35.5. The lowest BCUT2D eigenvalue weighted by atomic mass is 10.2. The van der Waals surface area contributed by atoms with E-state index in [1.165, 1.54) is 16.7 Å². The summed E-state index contributed by atoms with van der Waals surface area (Å²) < 4.78 is 69.8. The maximum atomic E-state index is 13.4. The van der Waals surface area contributed by atoms with Crippen LogP contribution in [0.3, 0.4) is 0 Å². The van der Waals surface area contributed by atoms with Crippen molar-refractivity contribution in [2.45, 2.75) is 29.7 Å². The van der Waals surface area contributed by atoms with Crippen LogP contribution in [-0.2, 0) is 10.0 Å². The van der Waals surface area contributed by atoms with Crippen LogP contribution in [0.1, 0.15) is 24.3 Å². The Bertz CT molecular complexity index is 1300. The van der Waals surface area contributed by atoms with Gasteiger partial charge in [-0.25, -0.2) is 31.3 Å². The molecule has 2 aliphatic rings. The van der Waals surface area contributed by atoms with Gasteiger partial charge in [0, 0.05) is 32.4 Å². The maximum absolute atomic E-state index is 13.4. The Morgan fingerprint density at radius 2 is 2.00 bits per heavy atom. The highest BCUT2D eigenvalue weighted by molar-refractivity contribution is 7.89. The molecule has 1 saturated heterocycles. The van der Waals surface area contributed by atoms with E-state index in [1.54, 1.807) is 0 Å². The van der Waals surface area contributed by atoms with E-state index in [0.29, 0.717) is 61.6 Å². The summed E-state index contributed by atoms with van der Waals surface area (Å²) in [5.74, 6) is 0.0967. The normalized spacial score (nSPS) is 18.4. The van der Waals surface area contributed by atoms with Gasteiger partial charge < -0.3 is 10.2 Å². The van der Waals surface area contributed by atoms with Gasteiger partial charge in [0.2, 0.25) is 10.0 Å². The number of sulfonamides is 1. The predicted molar refractivity (Wildman–Crippen MR) is 117 cm³/mol. The van der Waals surface area contributed by atoms with Gasteiger partial charge in [0.1, 0.15) is 17.1 Å². The van der Waals surface area contributed by atoms with Gasteiger partial charge >= 0.3 is 0 Å². The Hall–Kier alpha value is -2.00. The minimum absolute atomic E-state index is 0.0726. The van der Waals surface area contributed by atoms with Crippen molar-refractivity contribution in [2.75, 3.05) is 37.8 Å². The summed E-state index contributed by atoms with van der Waals surface area (Å²) in [6.07, 6.45) is -0.669. The molecule has 0 radical (unpaired) electrons. The number of imidazole rings is 1. The zero-order valence-corrected chi connectivity index (χ0v) is 19.5. The van der Waals surface area contributed by atoms with E-state index < -0.39 is 33.7 Å². The third kappa shape index (κ3) is 4.18. The van der Waals surface area contributed by atoms with Gasteiger partial charge in [-0.1, -0.05) is 22.9 Å². The molecule has 0 unspecified atom stereocenters. The molecule has 33 heavy (non-hydrogen) atoms. The molecule has 3 aromatic heterocycles. The van der Waals surface area contributed by atoms with Crippen molar-refractivity contribution in [3.05, 3.63) is 22.4 Å². The third-order valence-corrected chi connectivity index (χ3v) is 8.43. The van der Waals surface area contributed by atoms with Crippen LogP contribution in [0.25, 0.3) is 16.3 Å². The van der Waals surface area contributed by atoms with E-state index in [4.69, 9.17) is 11.6 Å². The fourth-order valence-electron chi connectivity index (χ4n) is 3.74. The maximum Gasteiger partial charge on any atom is 0.291 e. The Morgan fingerprint density at radius 3 is 2.61 bits per heavy atom. The van der Waals surface area contributed by atoms with Crippen molar-refractivity contribution >= 4 is 44.2 Å². The molecule has 0 bridgehead atoms. The van der Waals surface area contributed by atoms with Gasteiger partial charge in [-0.05, 0) is 18.9 Å². The summed E-state index contributed by atoms with van der Waals surface area (Å²) >= 11 is 7.09. The molecule has 0 atom stereocenters. The third-order valence-electron chi connectivity index (χ3n) is 5.69. The molecule has 3 aromatic rings. The zero-order valence-electron chi connectivity index (χ0n) is 17.1. The van der Waals surface area contributed by atoms with Crippen LogP contribution in [0.15, 0.2) is 17.2 Å². The van der Waals surface area contributed by atoms with Crippen LogP contribution in [0.5, 0.6) is 0 Å². The largest absolute Gasteiger partial charge is 0.367 e. The average molecular weight is 522 g/mol. The van der Waals surface area contributed by atoms with Crippen molar-refractivity contribution in [1.29, 1.82) is 0 Å². The molecule has 1 aliphatic carbocycles. The number of halogens is 4. The first-order valence-electron chi connectivity index (χ1n) is 10.1. The van der Waals surface area contributed by atoms with Gasteiger partial charge in [-0.15, -0.1) is 10.2 Å². The van der Waals surface area contributed by atoms with Crippen molar-refractivity contribution in [3.63, 3.8) is 0 Å². The first-order chi connectivity index (χ1) is 15.7. The number of nitrogens with zero attached hydrogens (tertiary/aromatic N) is 5. The van der Waals surface area contributed by atoms with E-state index in [0.717, 1.165) is 0 Å². The van der Waals surface area contributed by atoms with Gasteiger partial charge in [-0.2, -0.15) is 0 Å². The number of nitrogens with one attached hydrogen (secondary N) is 2. The number of anilines is 1. The van der Waals surface area contributed by atoms with Crippen molar-refractivity contribution in [1.82, 2.24) is 29.6 Å². The summed E-state index contributed by atoms with van der Waals surface area (Å²) in [6.45, 7) is 1.74. The van der Waals surface area contributed by atoms with Crippen LogP contribution < -0.4 is 14.9 Å². The van der Waals surface area contributed by atoms with E-state index in [1.807, 2.05) is 4.90 Å². The molecular formula is C18H19ClF3N7O2S2. The van der Waals surface area contributed by atoms with Gasteiger partial charge in [0.15, 0.2) is 21.0 Å². The summed E-state index contributed by atoms with van der Waals surface area (Å²) in [5.41, 5.74) is -0.135. The number of hydrogen-bond donors (Lipinski definition) is 2. The highest BCUT2D eigenvalue weighted by Crippen LogP contribution is 2.39. The fraction of sp³-hybridized carbons (Fsp3) is 0.500. The van der Waals surface area contributed by atoms with Crippen LogP contribution in [0.4, 0.5) is 18.9 Å². The van der Waals surface area contributed by atoms with E-state index in [-0.39, 0.29) is 20.9 Å². The molecule has 5 rings (SSSR count). The molecule has 9 nitrogen and oxygen atoms in total. The van der Waals surface area contributed by atoms with Crippen LogP contribution in [0.2, 0.25) is 5.15 Å². The summed E-state index contributed by atoms with van der Waals surface area (Å²) in [5, 5.41) is 10.2. The van der Waals surface area contributed by atoms with E-state index >= 15 is 0 Å². The summed E-state index contributed by atoms with van der Waals surface area (Å²) in [4.78, 5) is 6.14. The first-order valence-corrected chi connectivity index (χ1v) is 12.8. The Labute approximate surface area is 196 Å². The van der Waals surface area contributed by atoms with E-state index in [9.17, 15) is 21.6 Å². The first kappa shape index (κ1) is 22.8. The smallest absolute Gasteiger partial charge is 0.291 e. The average Bonchev–Trinajstić information content (AvgIpc) is 3.23. The second kappa shape index (κ2) is 8.34. The molecular weight excluding hydrogens is 503 g/mol. The molecule has 2 fully saturated rings. The summed E-state index contributed by atoms with van der Waals surface area (Å²) in [6, 6.07) is 1.49. The lowest BCUT2D eigenvalue weighted by Gasteiger charge is -2.30. The topological polar surface area (TPSA) is 105 Å². The standard InChI is InChI=1S/C18H19ClF3N7O2S2/c19-13-12-11(28-5-3-23-4-6-28)7-10(33(30,31)27-18(9-20)1-2-18)8-29(12)15(24-13)17-26-25-16(32-17)14(21)22/h7-8,14,23,27H,1-6,9H2. The number of piperazine rings is 1. The van der Waals surface area contributed by atoms with Crippen LogP contribution in [-0.4, -0.2) is 66.4 Å². The minimum Gasteiger partial charge on any atom is -0.367 e. The van der Waals surface area contributed by atoms with Crippen molar-refractivity contribution in [2.24, 2.45) is 0 Å². The number of hydrogen-bond acceptors (Lipinski definition) is 8. The quantitative estimate of drug-likeness (QED) is 0.492. The Morgan fingerprint density at radius 1 is 1.27 bits per heavy atom. The van der Waals surface area contributed by atoms with E-state index in [2.05, 4.69) is 25.2 Å². The number of pyridine rings is 1. The molecule has 0 spiro atoms. The molecule has 178 valence electrons. The molecule has 1 saturated carbocycles. The molecule has 2 N–H and O–H groups in total. The minimum atomic E-state index is -4.09. The monoisotopic (exact) mass is 521 g/mol. The van der Waals surface area contributed by atoms with Crippen molar-refractivity contribution in [3.8, 4) is 10.8 Å². The predicted octanol–water partition coefficient (Wildman–Crippen LogP) is 2.63. The second-order valence-corrected chi connectivity index (χ2v) is 11.1. The number of rotatable bonds is 7. The van der Waals surface area contributed by atoms with Crippen LogP contribution >= 0.6 is 22.9 Å². The lowest BCUT2D eigenvalue weighted by molar-refractivity contribution is 0.150. The number of alkyl halides is 3. The zero-order chi connectivity index (χ0) is 23.4. The number of aromatic nitrogens is 4. The van der Waals surface area contributed by atoms with Crippen LogP contribution in [0, 0.1) is 0 Å². The lowest BCUT2D eigenvalue weighted by Crippen LogP contribution is -2.44. The molecule has 15 heteroatoms. The van der Waals surface area contributed by atoms with Gasteiger partial charge in [-0.3, -0.25) is 4.40 Å². The van der Waals surface area contributed by atoms with Crippen molar-refractivity contribution < 1.29 is 21.6 Å². The molecule has 1 aliphatic heterocycles. The molecule has 4 heterocycles. The van der Waals surface area contributed by atoms with Gasteiger partial charge in [0.25, 0.3) is 6.43 Å². The second-order valence-electron chi connectivity index (χ2n) is 8.01. The summed E-state index contributed by atoms with van der Waals surface area (Å²) in [7, 11) is -4.09. The Balaban J connectivity index is 1.69. The van der Waals surface area contributed by atoms with Gasteiger partial charge in [0.05, 0.1) is 11.2 Å². The number of fused-ring (bicyclic) bond motifs is 1. The Kier molecular flexibility index (Phi) is 5.76.